The van der Waals surface area contributed by atoms with E-state index in [0.29, 0.717) is 27.4 Å². The maximum atomic E-state index is 12.6. The summed E-state index contributed by atoms with van der Waals surface area (Å²) < 4.78 is 7.10. The molecule has 11 heteroatoms. The molecule has 7 nitrogen and oxygen atoms in total. The van der Waals surface area contributed by atoms with Gasteiger partial charge in [-0.05, 0) is 84.9 Å². The number of anilines is 1. The van der Waals surface area contributed by atoms with Crippen LogP contribution in [-0.2, 0) is 0 Å². The molecule has 0 saturated heterocycles. The highest BCUT2D eigenvalue weighted by Gasteiger charge is 2.13. The number of hydrogen-bond acceptors (Lipinski definition) is 5. The average Bonchev–Trinajstić information content (AvgIpc) is 2.90. The highest BCUT2D eigenvalue weighted by molar-refractivity contribution is 9.10. The standard InChI is InChI=1S/C28H17Br2Cl2N3O4/c29-19-5-1-17(2-6-19)28(38)39-25-12-7-20(30)13-18(25)15-33-35-26(36)16-3-9-22(10-4-16)34-27(37)23-11-8-21(31)14-24(23)32/h1-15H,(H,34,37)(H,35,36)/b33-15-. The quantitative estimate of drug-likeness (QED) is 0.0898. The third kappa shape index (κ3) is 7.77. The lowest BCUT2D eigenvalue weighted by Gasteiger charge is -2.09. The van der Waals surface area contributed by atoms with Crippen LogP contribution >= 0.6 is 55.1 Å². The Morgan fingerprint density at radius 1 is 0.769 bits per heavy atom. The van der Waals surface area contributed by atoms with E-state index in [-0.39, 0.29) is 16.3 Å². The smallest absolute Gasteiger partial charge is 0.343 e. The van der Waals surface area contributed by atoms with Crippen LogP contribution < -0.4 is 15.5 Å². The van der Waals surface area contributed by atoms with Crippen molar-refractivity contribution < 1.29 is 19.1 Å². The van der Waals surface area contributed by atoms with Crippen LogP contribution in [0.1, 0.15) is 36.6 Å². The minimum absolute atomic E-state index is 0.227. The lowest BCUT2D eigenvalue weighted by molar-refractivity contribution is 0.0733. The van der Waals surface area contributed by atoms with Gasteiger partial charge in [0.05, 0.1) is 22.4 Å². The molecule has 0 aliphatic rings. The van der Waals surface area contributed by atoms with Crippen molar-refractivity contribution in [2.45, 2.75) is 0 Å². The zero-order chi connectivity index (χ0) is 27.9. The molecule has 39 heavy (non-hydrogen) atoms. The largest absolute Gasteiger partial charge is 0.422 e. The zero-order valence-corrected chi connectivity index (χ0v) is 24.4. The number of halogens is 4. The first kappa shape index (κ1) is 28.5. The lowest BCUT2D eigenvalue weighted by atomic mass is 10.1. The maximum absolute atomic E-state index is 12.6. The molecule has 0 fully saturated rings. The summed E-state index contributed by atoms with van der Waals surface area (Å²) in [5.74, 6) is -1.16. The monoisotopic (exact) mass is 687 g/mol. The second-order valence-electron chi connectivity index (χ2n) is 7.93. The van der Waals surface area contributed by atoms with Gasteiger partial charge in [0.15, 0.2) is 0 Å². The fourth-order valence-electron chi connectivity index (χ4n) is 3.26. The molecule has 196 valence electrons. The van der Waals surface area contributed by atoms with Gasteiger partial charge in [0.2, 0.25) is 0 Å². The van der Waals surface area contributed by atoms with Crippen molar-refractivity contribution in [3.8, 4) is 5.75 Å². The Kier molecular flexibility index (Phi) is 9.53. The van der Waals surface area contributed by atoms with E-state index < -0.39 is 17.8 Å². The van der Waals surface area contributed by atoms with Gasteiger partial charge >= 0.3 is 5.97 Å². The van der Waals surface area contributed by atoms with Crippen molar-refractivity contribution in [1.82, 2.24) is 5.43 Å². The van der Waals surface area contributed by atoms with Gasteiger partial charge in [-0.1, -0.05) is 55.1 Å². The second kappa shape index (κ2) is 13.0. The number of nitrogens with one attached hydrogen (secondary N) is 2. The van der Waals surface area contributed by atoms with Gasteiger partial charge in [0, 0.05) is 30.8 Å². The van der Waals surface area contributed by atoms with Crippen molar-refractivity contribution >= 4 is 84.7 Å². The number of rotatable bonds is 7. The minimum Gasteiger partial charge on any atom is -0.422 e. The number of nitrogens with zero attached hydrogens (tertiary/aromatic N) is 1. The molecule has 0 atom stereocenters. The summed E-state index contributed by atoms with van der Waals surface area (Å²) in [4.78, 5) is 37.6. The maximum Gasteiger partial charge on any atom is 0.343 e. The molecule has 2 N–H and O–H groups in total. The van der Waals surface area contributed by atoms with E-state index in [1.54, 1.807) is 60.7 Å². The Labute approximate surface area is 250 Å². The molecule has 0 aliphatic carbocycles. The van der Waals surface area contributed by atoms with Gasteiger partial charge in [0.1, 0.15) is 5.75 Å². The number of hydrazone groups is 1. The Balaban J connectivity index is 1.39. The summed E-state index contributed by atoms with van der Waals surface area (Å²) in [6.45, 7) is 0. The topological polar surface area (TPSA) is 96.9 Å². The van der Waals surface area contributed by atoms with Crippen LogP contribution in [0.3, 0.4) is 0 Å². The number of carbonyl (C=O) groups is 3. The number of carbonyl (C=O) groups excluding carboxylic acids is 3. The Bertz CT molecular complexity index is 1580. The van der Waals surface area contributed by atoms with Crippen LogP contribution in [0.25, 0.3) is 0 Å². The predicted molar refractivity (Wildman–Crippen MR) is 159 cm³/mol. The van der Waals surface area contributed by atoms with E-state index in [2.05, 4.69) is 47.7 Å². The van der Waals surface area contributed by atoms with E-state index in [1.165, 1.54) is 30.5 Å². The first-order valence-electron chi connectivity index (χ1n) is 11.2. The third-order valence-electron chi connectivity index (χ3n) is 5.20. The summed E-state index contributed by atoms with van der Waals surface area (Å²) in [5.41, 5.74) is 4.34. The van der Waals surface area contributed by atoms with E-state index in [1.807, 2.05) is 0 Å². The van der Waals surface area contributed by atoms with Crippen molar-refractivity contribution in [3.05, 3.63) is 126 Å². The Morgan fingerprint density at radius 2 is 1.44 bits per heavy atom. The third-order valence-corrected chi connectivity index (χ3v) is 6.77. The zero-order valence-electron chi connectivity index (χ0n) is 19.8. The molecule has 4 rings (SSSR count). The molecule has 0 aliphatic heterocycles. The van der Waals surface area contributed by atoms with Crippen molar-refractivity contribution in [3.63, 3.8) is 0 Å². The first-order chi connectivity index (χ1) is 18.7. The van der Waals surface area contributed by atoms with Crippen molar-refractivity contribution in [1.29, 1.82) is 0 Å². The molecule has 0 spiro atoms. The normalized spacial score (nSPS) is 10.8. The van der Waals surface area contributed by atoms with Crippen molar-refractivity contribution in [2.24, 2.45) is 5.10 Å². The molecule has 0 radical (unpaired) electrons. The van der Waals surface area contributed by atoms with Gasteiger partial charge in [-0.15, -0.1) is 0 Å². The highest BCUT2D eigenvalue weighted by Crippen LogP contribution is 2.24. The Hall–Kier alpha value is -3.50. The van der Waals surface area contributed by atoms with Gasteiger partial charge in [0.25, 0.3) is 11.8 Å². The molecule has 0 bridgehead atoms. The summed E-state index contributed by atoms with van der Waals surface area (Å²) in [6.07, 6.45) is 1.37. The fraction of sp³-hybridized carbons (Fsp3) is 0. The molecule has 0 unspecified atom stereocenters. The van der Waals surface area contributed by atoms with Crippen LogP contribution in [0.15, 0.2) is 99.0 Å². The number of benzene rings is 4. The van der Waals surface area contributed by atoms with Crippen LogP contribution in [0.5, 0.6) is 5.75 Å². The molecule has 2 amide bonds. The number of ether oxygens (including phenoxy) is 1. The van der Waals surface area contributed by atoms with Crippen molar-refractivity contribution in [2.75, 3.05) is 5.32 Å². The second-order valence-corrected chi connectivity index (χ2v) is 10.6. The van der Waals surface area contributed by atoms with E-state index >= 15 is 0 Å². The summed E-state index contributed by atoms with van der Waals surface area (Å²) in [6, 6.07) is 22.6. The minimum atomic E-state index is -0.533. The van der Waals surface area contributed by atoms with E-state index in [9.17, 15) is 14.4 Å². The number of esters is 1. The first-order valence-corrected chi connectivity index (χ1v) is 13.5. The number of hydrogen-bond donors (Lipinski definition) is 2. The summed E-state index contributed by atoms with van der Waals surface area (Å²) in [5, 5.41) is 7.37. The SMILES string of the molecule is O=C(N/N=C\c1cc(Br)ccc1OC(=O)c1ccc(Br)cc1)c1ccc(NC(=O)c2ccc(Cl)cc2Cl)cc1. The summed E-state index contributed by atoms with van der Waals surface area (Å²) in [7, 11) is 0. The Morgan fingerprint density at radius 3 is 2.13 bits per heavy atom. The lowest BCUT2D eigenvalue weighted by Crippen LogP contribution is -2.18. The number of amides is 2. The molecule has 4 aromatic carbocycles. The molecule has 0 heterocycles. The predicted octanol–water partition coefficient (Wildman–Crippen LogP) is 7.75. The van der Waals surface area contributed by atoms with Gasteiger partial charge in [-0.2, -0.15) is 5.10 Å². The molecular formula is C28H17Br2Cl2N3O4. The highest BCUT2D eigenvalue weighted by atomic mass is 79.9. The molecule has 0 aromatic heterocycles. The average molecular weight is 690 g/mol. The van der Waals surface area contributed by atoms with Gasteiger partial charge < -0.3 is 10.1 Å². The molecule has 4 aromatic rings. The molecular weight excluding hydrogens is 673 g/mol. The van der Waals surface area contributed by atoms with E-state index in [0.717, 1.165) is 8.95 Å². The molecule has 0 saturated carbocycles. The van der Waals surface area contributed by atoms with Gasteiger partial charge in [-0.3, -0.25) is 9.59 Å². The summed E-state index contributed by atoms with van der Waals surface area (Å²) >= 11 is 18.7. The van der Waals surface area contributed by atoms with E-state index in [4.69, 9.17) is 27.9 Å². The van der Waals surface area contributed by atoms with Crippen LogP contribution in [0, 0.1) is 0 Å². The van der Waals surface area contributed by atoms with Crippen LogP contribution in [0.2, 0.25) is 10.0 Å². The van der Waals surface area contributed by atoms with Crippen LogP contribution in [0.4, 0.5) is 5.69 Å². The van der Waals surface area contributed by atoms with Gasteiger partial charge in [-0.25, -0.2) is 10.2 Å². The van der Waals surface area contributed by atoms with Crippen LogP contribution in [-0.4, -0.2) is 24.0 Å². The fourth-order valence-corrected chi connectivity index (χ4v) is 4.40.